The molecular formula is C13H19N3O2S. The smallest absolute Gasteiger partial charge is 0.269 e. The van der Waals surface area contributed by atoms with Crippen LogP contribution in [0, 0.1) is 0 Å². The lowest BCUT2D eigenvalue weighted by atomic mass is 10.0. The molecule has 0 aliphatic carbocycles. The molecule has 0 radical (unpaired) electrons. The van der Waals surface area contributed by atoms with Gasteiger partial charge < -0.3 is 10.4 Å². The van der Waals surface area contributed by atoms with Crippen LogP contribution in [-0.4, -0.2) is 21.7 Å². The molecule has 0 spiro atoms. The minimum Gasteiger partial charge on any atom is -0.380 e. The number of nitrogens with one attached hydrogen (secondary N) is 3. The van der Waals surface area contributed by atoms with Crippen LogP contribution in [0.25, 0.3) is 0 Å². The molecule has 104 valence electrons. The standard InChI is InChI=1S/C13H19N3O2S/c1-3-13(2,18)11(17)15-16-12(19)14-9-10-7-5-4-6-8-10/h4-8,18H,3,9H2,1-2H3,(H,15,17)(H2,14,16,19). The van der Waals surface area contributed by atoms with E-state index in [1.54, 1.807) is 6.92 Å². The maximum absolute atomic E-state index is 11.6. The van der Waals surface area contributed by atoms with Crippen molar-refractivity contribution in [1.82, 2.24) is 16.2 Å². The molecule has 19 heavy (non-hydrogen) atoms. The third-order valence-electron chi connectivity index (χ3n) is 2.76. The molecule has 0 aromatic heterocycles. The van der Waals surface area contributed by atoms with Gasteiger partial charge in [0.15, 0.2) is 5.11 Å². The predicted molar refractivity (Wildman–Crippen MR) is 78.1 cm³/mol. The third-order valence-corrected chi connectivity index (χ3v) is 3.01. The summed E-state index contributed by atoms with van der Waals surface area (Å²) < 4.78 is 0. The number of thiocarbonyl (C=S) groups is 1. The summed E-state index contributed by atoms with van der Waals surface area (Å²) in [6.07, 6.45) is 0.324. The maximum Gasteiger partial charge on any atom is 0.269 e. The van der Waals surface area contributed by atoms with Gasteiger partial charge in [-0.25, -0.2) is 0 Å². The van der Waals surface area contributed by atoms with Crippen molar-refractivity contribution in [2.75, 3.05) is 0 Å². The van der Waals surface area contributed by atoms with Gasteiger partial charge in [0.2, 0.25) is 0 Å². The number of carbonyl (C=O) groups excluding carboxylic acids is 1. The summed E-state index contributed by atoms with van der Waals surface area (Å²) in [5.41, 5.74) is 4.60. The van der Waals surface area contributed by atoms with Crippen LogP contribution in [-0.2, 0) is 11.3 Å². The Morgan fingerprint density at radius 3 is 2.53 bits per heavy atom. The van der Waals surface area contributed by atoms with Crippen molar-refractivity contribution in [2.45, 2.75) is 32.4 Å². The number of rotatable bonds is 4. The second kappa shape index (κ2) is 7.06. The fourth-order valence-electron chi connectivity index (χ4n) is 1.23. The van der Waals surface area contributed by atoms with Crippen molar-refractivity contribution in [3.05, 3.63) is 35.9 Å². The second-order valence-electron chi connectivity index (χ2n) is 4.37. The lowest BCUT2D eigenvalue weighted by molar-refractivity contribution is -0.138. The van der Waals surface area contributed by atoms with E-state index in [1.807, 2.05) is 30.3 Å². The number of benzene rings is 1. The van der Waals surface area contributed by atoms with Crippen LogP contribution in [0.1, 0.15) is 25.8 Å². The Morgan fingerprint density at radius 2 is 1.95 bits per heavy atom. The van der Waals surface area contributed by atoms with E-state index in [9.17, 15) is 9.90 Å². The Hall–Kier alpha value is -1.66. The third kappa shape index (κ3) is 5.23. The molecule has 0 bridgehead atoms. The topological polar surface area (TPSA) is 73.4 Å². The quantitative estimate of drug-likeness (QED) is 0.486. The first-order chi connectivity index (χ1) is 8.95. The second-order valence-corrected chi connectivity index (χ2v) is 4.78. The minimum atomic E-state index is -1.40. The Bertz CT molecular complexity index is 435. The molecule has 1 amide bonds. The summed E-state index contributed by atoms with van der Waals surface area (Å²) in [6, 6.07) is 9.75. The van der Waals surface area contributed by atoms with Crippen molar-refractivity contribution in [3.63, 3.8) is 0 Å². The highest BCUT2D eigenvalue weighted by Crippen LogP contribution is 2.06. The fourth-order valence-corrected chi connectivity index (χ4v) is 1.35. The van der Waals surface area contributed by atoms with E-state index in [0.717, 1.165) is 5.56 Å². The molecule has 0 aliphatic rings. The molecule has 0 heterocycles. The molecule has 0 saturated heterocycles. The van der Waals surface area contributed by atoms with Gasteiger partial charge in [-0.1, -0.05) is 37.3 Å². The molecule has 4 N–H and O–H groups in total. The number of hydrazine groups is 1. The van der Waals surface area contributed by atoms with Crippen molar-refractivity contribution in [2.24, 2.45) is 0 Å². The summed E-state index contributed by atoms with van der Waals surface area (Å²) in [5.74, 6) is -0.515. The zero-order chi connectivity index (χ0) is 14.3. The Kier molecular flexibility index (Phi) is 5.72. The van der Waals surface area contributed by atoms with E-state index < -0.39 is 11.5 Å². The molecule has 1 rings (SSSR count). The maximum atomic E-state index is 11.6. The molecule has 1 aromatic carbocycles. The molecule has 5 nitrogen and oxygen atoms in total. The average Bonchev–Trinajstić information content (AvgIpc) is 2.43. The van der Waals surface area contributed by atoms with Gasteiger partial charge >= 0.3 is 0 Å². The summed E-state index contributed by atoms with van der Waals surface area (Å²) in [6.45, 7) is 3.74. The molecule has 6 heteroatoms. The average molecular weight is 281 g/mol. The largest absolute Gasteiger partial charge is 0.380 e. The molecular weight excluding hydrogens is 262 g/mol. The fraction of sp³-hybridized carbons (Fsp3) is 0.385. The first-order valence-electron chi connectivity index (χ1n) is 6.06. The highest BCUT2D eigenvalue weighted by Gasteiger charge is 2.27. The number of carbonyl (C=O) groups is 1. The molecule has 0 fully saturated rings. The monoisotopic (exact) mass is 281 g/mol. The van der Waals surface area contributed by atoms with E-state index in [4.69, 9.17) is 12.2 Å². The summed E-state index contributed by atoms with van der Waals surface area (Å²) >= 11 is 5.01. The van der Waals surface area contributed by atoms with Gasteiger partial charge in [0.05, 0.1) is 0 Å². The lowest BCUT2D eigenvalue weighted by Crippen LogP contribution is -2.53. The number of amides is 1. The van der Waals surface area contributed by atoms with Crippen LogP contribution in [0.5, 0.6) is 0 Å². The highest BCUT2D eigenvalue weighted by molar-refractivity contribution is 7.80. The Morgan fingerprint density at radius 1 is 1.32 bits per heavy atom. The number of hydrogen-bond acceptors (Lipinski definition) is 3. The predicted octanol–water partition coefficient (Wildman–Crippen LogP) is 0.843. The number of hydrogen-bond donors (Lipinski definition) is 4. The normalized spacial score (nSPS) is 13.2. The summed E-state index contributed by atoms with van der Waals surface area (Å²) in [7, 11) is 0. The molecule has 1 atom stereocenters. The minimum absolute atomic E-state index is 0.295. The van der Waals surface area contributed by atoms with Gasteiger partial charge in [0.25, 0.3) is 5.91 Å². The van der Waals surface area contributed by atoms with Gasteiger partial charge in [0.1, 0.15) is 5.60 Å². The Labute approximate surface area is 118 Å². The van der Waals surface area contributed by atoms with Crippen LogP contribution in [0.2, 0.25) is 0 Å². The molecule has 1 unspecified atom stereocenters. The van der Waals surface area contributed by atoms with Gasteiger partial charge in [-0.15, -0.1) is 0 Å². The van der Waals surface area contributed by atoms with Gasteiger partial charge in [-0.2, -0.15) is 0 Å². The van der Waals surface area contributed by atoms with Crippen molar-refractivity contribution < 1.29 is 9.90 Å². The van der Waals surface area contributed by atoms with Crippen LogP contribution in [0.15, 0.2) is 30.3 Å². The first-order valence-corrected chi connectivity index (χ1v) is 6.47. The van der Waals surface area contributed by atoms with Crippen LogP contribution in [0.4, 0.5) is 0 Å². The number of aliphatic hydroxyl groups is 1. The van der Waals surface area contributed by atoms with Gasteiger partial charge in [0, 0.05) is 6.54 Å². The van der Waals surface area contributed by atoms with Crippen LogP contribution >= 0.6 is 12.2 Å². The van der Waals surface area contributed by atoms with Gasteiger partial charge in [-0.05, 0) is 31.1 Å². The Balaban J connectivity index is 2.31. The van der Waals surface area contributed by atoms with E-state index in [0.29, 0.717) is 18.1 Å². The zero-order valence-electron chi connectivity index (χ0n) is 11.1. The molecule has 1 aromatic rings. The summed E-state index contributed by atoms with van der Waals surface area (Å²) in [4.78, 5) is 11.6. The van der Waals surface area contributed by atoms with Crippen LogP contribution in [0.3, 0.4) is 0 Å². The van der Waals surface area contributed by atoms with E-state index in [2.05, 4.69) is 16.2 Å². The zero-order valence-corrected chi connectivity index (χ0v) is 11.9. The molecule has 0 saturated carbocycles. The van der Waals surface area contributed by atoms with Crippen molar-refractivity contribution >= 4 is 23.2 Å². The van der Waals surface area contributed by atoms with E-state index >= 15 is 0 Å². The highest BCUT2D eigenvalue weighted by atomic mass is 32.1. The van der Waals surface area contributed by atoms with E-state index in [-0.39, 0.29) is 0 Å². The lowest BCUT2D eigenvalue weighted by Gasteiger charge is -2.21. The van der Waals surface area contributed by atoms with Crippen molar-refractivity contribution in [3.8, 4) is 0 Å². The van der Waals surface area contributed by atoms with Gasteiger partial charge in [-0.3, -0.25) is 15.6 Å². The molecule has 0 aliphatic heterocycles. The summed E-state index contributed by atoms with van der Waals surface area (Å²) in [5, 5.41) is 12.9. The van der Waals surface area contributed by atoms with Crippen LogP contribution < -0.4 is 16.2 Å². The first kappa shape index (κ1) is 15.4. The van der Waals surface area contributed by atoms with Crippen molar-refractivity contribution in [1.29, 1.82) is 0 Å². The van der Waals surface area contributed by atoms with E-state index in [1.165, 1.54) is 6.92 Å². The SMILES string of the molecule is CCC(C)(O)C(=O)NNC(=S)NCc1ccccc1.